The van der Waals surface area contributed by atoms with Crippen LogP contribution in [0, 0.1) is 5.92 Å². The SMILES string of the molecule is CCC(=O)N(Cc1ccccc1)[C@@H](CC(C)C)C(=O)O. The molecule has 20 heavy (non-hydrogen) atoms. The first-order valence-corrected chi connectivity index (χ1v) is 7.01. The third kappa shape index (κ3) is 4.68. The van der Waals surface area contributed by atoms with Crippen LogP contribution in [0.4, 0.5) is 0 Å². The summed E-state index contributed by atoms with van der Waals surface area (Å²) in [5.41, 5.74) is 0.948. The molecule has 1 atom stereocenters. The molecule has 0 saturated heterocycles. The lowest BCUT2D eigenvalue weighted by Crippen LogP contribution is -2.45. The molecule has 0 bridgehead atoms. The lowest BCUT2D eigenvalue weighted by Gasteiger charge is -2.30. The van der Waals surface area contributed by atoms with Gasteiger partial charge in [-0.1, -0.05) is 51.1 Å². The first-order valence-electron chi connectivity index (χ1n) is 7.01. The van der Waals surface area contributed by atoms with Crippen LogP contribution in [0.15, 0.2) is 30.3 Å². The summed E-state index contributed by atoms with van der Waals surface area (Å²) in [4.78, 5) is 25.1. The van der Waals surface area contributed by atoms with E-state index in [9.17, 15) is 14.7 Å². The average molecular weight is 277 g/mol. The second kappa shape index (κ2) is 7.68. The quantitative estimate of drug-likeness (QED) is 0.833. The van der Waals surface area contributed by atoms with Crippen molar-refractivity contribution in [1.82, 2.24) is 4.90 Å². The Labute approximate surface area is 120 Å². The lowest BCUT2D eigenvalue weighted by atomic mass is 10.0. The first-order chi connectivity index (χ1) is 9.45. The zero-order valence-corrected chi connectivity index (χ0v) is 12.4. The summed E-state index contributed by atoms with van der Waals surface area (Å²) in [6, 6.07) is 8.74. The van der Waals surface area contributed by atoms with Gasteiger partial charge in [-0.05, 0) is 17.9 Å². The Morgan fingerprint density at radius 1 is 1.20 bits per heavy atom. The molecule has 1 amide bonds. The third-order valence-electron chi connectivity index (χ3n) is 3.17. The molecular weight excluding hydrogens is 254 g/mol. The van der Waals surface area contributed by atoms with Crippen molar-refractivity contribution in [1.29, 1.82) is 0 Å². The smallest absolute Gasteiger partial charge is 0.326 e. The van der Waals surface area contributed by atoms with Crippen LogP contribution in [-0.2, 0) is 16.1 Å². The Bertz CT molecular complexity index is 442. The fraction of sp³-hybridized carbons (Fsp3) is 0.500. The maximum Gasteiger partial charge on any atom is 0.326 e. The average Bonchev–Trinajstić information content (AvgIpc) is 2.42. The minimum absolute atomic E-state index is 0.123. The maximum atomic E-state index is 12.1. The topological polar surface area (TPSA) is 57.6 Å². The van der Waals surface area contributed by atoms with Gasteiger partial charge in [0.05, 0.1) is 0 Å². The number of carbonyl (C=O) groups excluding carboxylic acids is 1. The number of hydrogen-bond acceptors (Lipinski definition) is 2. The van der Waals surface area contributed by atoms with Crippen molar-refractivity contribution in [2.75, 3.05) is 0 Å². The highest BCUT2D eigenvalue weighted by atomic mass is 16.4. The highest BCUT2D eigenvalue weighted by molar-refractivity contribution is 5.83. The zero-order valence-electron chi connectivity index (χ0n) is 12.4. The van der Waals surface area contributed by atoms with Gasteiger partial charge >= 0.3 is 5.97 Å². The van der Waals surface area contributed by atoms with E-state index in [1.165, 1.54) is 4.90 Å². The predicted octanol–water partition coefficient (Wildman–Crippen LogP) is 2.92. The molecule has 0 saturated carbocycles. The van der Waals surface area contributed by atoms with Crippen LogP contribution in [0.2, 0.25) is 0 Å². The van der Waals surface area contributed by atoms with Crippen LogP contribution in [-0.4, -0.2) is 27.9 Å². The van der Waals surface area contributed by atoms with Crippen LogP contribution in [0.3, 0.4) is 0 Å². The van der Waals surface area contributed by atoms with Crippen LogP contribution in [0.5, 0.6) is 0 Å². The summed E-state index contributed by atoms with van der Waals surface area (Å²) in [5, 5.41) is 9.42. The van der Waals surface area contributed by atoms with E-state index >= 15 is 0 Å². The van der Waals surface area contributed by atoms with Crippen molar-refractivity contribution in [3.05, 3.63) is 35.9 Å². The highest BCUT2D eigenvalue weighted by Gasteiger charge is 2.29. The zero-order chi connectivity index (χ0) is 15.1. The Hall–Kier alpha value is -1.84. The van der Waals surface area contributed by atoms with Crippen molar-refractivity contribution in [2.24, 2.45) is 5.92 Å². The maximum absolute atomic E-state index is 12.1. The van der Waals surface area contributed by atoms with Crippen molar-refractivity contribution in [3.8, 4) is 0 Å². The van der Waals surface area contributed by atoms with E-state index in [0.29, 0.717) is 19.4 Å². The molecular formula is C16H23NO3. The monoisotopic (exact) mass is 277 g/mol. The van der Waals surface area contributed by atoms with Gasteiger partial charge in [-0.2, -0.15) is 0 Å². The van der Waals surface area contributed by atoms with E-state index in [0.717, 1.165) is 5.56 Å². The Kier molecular flexibility index (Phi) is 6.22. The molecule has 0 aliphatic rings. The Morgan fingerprint density at radius 3 is 2.25 bits per heavy atom. The molecule has 0 aliphatic carbocycles. The van der Waals surface area contributed by atoms with Gasteiger partial charge in [0.25, 0.3) is 0 Å². The van der Waals surface area contributed by atoms with E-state index in [2.05, 4.69) is 0 Å². The Morgan fingerprint density at radius 2 is 1.80 bits per heavy atom. The minimum atomic E-state index is -0.934. The molecule has 0 fully saturated rings. The van der Waals surface area contributed by atoms with Gasteiger partial charge < -0.3 is 10.0 Å². The molecule has 0 aliphatic heterocycles. The van der Waals surface area contributed by atoms with Crippen molar-refractivity contribution in [2.45, 2.75) is 46.2 Å². The molecule has 1 aromatic carbocycles. The van der Waals surface area contributed by atoms with E-state index in [1.807, 2.05) is 44.2 Å². The number of amides is 1. The van der Waals surface area contributed by atoms with Crippen molar-refractivity contribution >= 4 is 11.9 Å². The number of carboxylic acids is 1. The standard InChI is InChI=1S/C16H23NO3/c1-4-15(18)17(11-13-8-6-5-7-9-13)14(16(19)20)10-12(2)3/h5-9,12,14H,4,10-11H2,1-3H3,(H,19,20)/t14-/m0/s1. The molecule has 0 radical (unpaired) electrons. The van der Waals surface area contributed by atoms with E-state index in [1.54, 1.807) is 6.92 Å². The van der Waals surface area contributed by atoms with Crippen LogP contribution >= 0.6 is 0 Å². The predicted molar refractivity (Wildman–Crippen MR) is 78.2 cm³/mol. The molecule has 0 spiro atoms. The molecule has 0 heterocycles. The summed E-state index contributed by atoms with van der Waals surface area (Å²) >= 11 is 0. The van der Waals surface area contributed by atoms with Gasteiger partial charge in [0.2, 0.25) is 5.91 Å². The van der Waals surface area contributed by atoms with Gasteiger partial charge in [0.15, 0.2) is 0 Å². The van der Waals surface area contributed by atoms with E-state index < -0.39 is 12.0 Å². The van der Waals surface area contributed by atoms with Crippen LogP contribution in [0.25, 0.3) is 0 Å². The number of aliphatic carboxylic acids is 1. The molecule has 4 heteroatoms. The molecule has 0 aromatic heterocycles. The van der Waals surface area contributed by atoms with Gasteiger partial charge in [-0.25, -0.2) is 4.79 Å². The van der Waals surface area contributed by atoms with Crippen LogP contribution in [0.1, 0.15) is 39.2 Å². The van der Waals surface area contributed by atoms with Gasteiger partial charge in [-0.3, -0.25) is 4.79 Å². The van der Waals surface area contributed by atoms with Gasteiger partial charge in [0, 0.05) is 13.0 Å². The normalized spacial score (nSPS) is 12.2. The number of hydrogen-bond donors (Lipinski definition) is 1. The van der Waals surface area contributed by atoms with E-state index in [-0.39, 0.29) is 11.8 Å². The lowest BCUT2D eigenvalue weighted by molar-refractivity contribution is -0.151. The number of rotatable bonds is 7. The van der Waals surface area contributed by atoms with Crippen molar-refractivity contribution < 1.29 is 14.7 Å². The highest BCUT2D eigenvalue weighted by Crippen LogP contribution is 2.17. The summed E-state index contributed by atoms with van der Waals surface area (Å²) in [7, 11) is 0. The van der Waals surface area contributed by atoms with Gasteiger partial charge in [0.1, 0.15) is 6.04 Å². The minimum Gasteiger partial charge on any atom is -0.480 e. The summed E-state index contributed by atoms with van der Waals surface area (Å²) in [5.74, 6) is -0.836. The molecule has 1 N–H and O–H groups in total. The number of benzene rings is 1. The number of carbonyl (C=O) groups is 2. The number of nitrogens with zero attached hydrogens (tertiary/aromatic N) is 1. The molecule has 110 valence electrons. The first kappa shape index (κ1) is 16.2. The fourth-order valence-electron chi connectivity index (χ4n) is 2.16. The second-order valence-corrected chi connectivity index (χ2v) is 5.34. The summed E-state index contributed by atoms with van der Waals surface area (Å²) in [6.45, 7) is 6.03. The fourth-order valence-corrected chi connectivity index (χ4v) is 2.16. The van der Waals surface area contributed by atoms with E-state index in [4.69, 9.17) is 0 Å². The second-order valence-electron chi connectivity index (χ2n) is 5.34. The van der Waals surface area contributed by atoms with Gasteiger partial charge in [-0.15, -0.1) is 0 Å². The van der Waals surface area contributed by atoms with Crippen LogP contribution < -0.4 is 0 Å². The largest absolute Gasteiger partial charge is 0.480 e. The summed E-state index contributed by atoms with van der Waals surface area (Å²) < 4.78 is 0. The molecule has 4 nitrogen and oxygen atoms in total. The summed E-state index contributed by atoms with van der Waals surface area (Å²) in [6.07, 6.45) is 0.780. The molecule has 1 aromatic rings. The van der Waals surface area contributed by atoms with Crippen molar-refractivity contribution in [3.63, 3.8) is 0 Å². The third-order valence-corrected chi connectivity index (χ3v) is 3.17. The molecule has 0 unspecified atom stereocenters. The molecule has 1 rings (SSSR count). The Balaban J connectivity index is 2.97. The number of carboxylic acid groups (broad SMARTS) is 1.